The summed E-state index contributed by atoms with van der Waals surface area (Å²) in [5.41, 5.74) is 2.44. The number of hydrogen-bond acceptors (Lipinski definition) is 1. The molecular weight excluding hydrogens is 260 g/mol. The van der Waals surface area contributed by atoms with Crippen LogP contribution in [0.4, 0.5) is 0 Å². The van der Waals surface area contributed by atoms with Crippen LogP contribution >= 0.6 is 23.4 Å². The van der Waals surface area contributed by atoms with E-state index in [9.17, 15) is 0 Å². The van der Waals surface area contributed by atoms with Crippen LogP contribution in [0.15, 0.2) is 54.6 Å². The molecule has 0 fully saturated rings. The zero-order chi connectivity index (χ0) is 12.8. The van der Waals surface area contributed by atoms with E-state index < -0.39 is 0 Å². The van der Waals surface area contributed by atoms with E-state index in [4.69, 9.17) is 11.6 Å². The highest BCUT2D eigenvalue weighted by Gasteiger charge is 2.01. The van der Waals surface area contributed by atoms with E-state index in [1.54, 1.807) is 0 Å². The Morgan fingerprint density at radius 2 is 1.72 bits per heavy atom. The van der Waals surface area contributed by atoms with E-state index in [0.29, 0.717) is 0 Å². The molecule has 0 spiro atoms. The van der Waals surface area contributed by atoms with Gasteiger partial charge < -0.3 is 0 Å². The van der Waals surface area contributed by atoms with Crippen LogP contribution in [0.1, 0.15) is 18.1 Å². The molecular formula is C16H15ClS. The summed E-state index contributed by atoms with van der Waals surface area (Å²) < 4.78 is 0. The number of rotatable bonds is 4. The third kappa shape index (κ3) is 3.66. The molecule has 0 radical (unpaired) electrons. The molecule has 0 heterocycles. The highest BCUT2D eigenvalue weighted by molar-refractivity contribution is 8.08. The Hall–Kier alpha value is -1.18. The van der Waals surface area contributed by atoms with E-state index in [-0.39, 0.29) is 0 Å². The second-order valence-corrected chi connectivity index (χ2v) is 5.60. The Labute approximate surface area is 118 Å². The summed E-state index contributed by atoms with van der Waals surface area (Å²) in [6, 6.07) is 18.4. The maximum Gasteiger partial charge on any atom is 0.0406 e. The molecule has 2 rings (SSSR count). The van der Waals surface area contributed by atoms with E-state index in [1.807, 2.05) is 42.1 Å². The van der Waals surface area contributed by atoms with Gasteiger partial charge in [-0.15, -0.1) is 11.8 Å². The van der Waals surface area contributed by atoms with Gasteiger partial charge in [0.05, 0.1) is 0 Å². The van der Waals surface area contributed by atoms with Crippen LogP contribution < -0.4 is 0 Å². The van der Waals surface area contributed by atoms with E-state index in [1.165, 1.54) is 16.0 Å². The lowest BCUT2D eigenvalue weighted by Crippen LogP contribution is -1.81. The average molecular weight is 275 g/mol. The summed E-state index contributed by atoms with van der Waals surface area (Å²) in [5.74, 6) is 1.06. The normalized spacial score (nSPS) is 11.6. The zero-order valence-electron chi connectivity index (χ0n) is 10.3. The SMILES string of the molecule is CCS/C(=C\c1ccc(Cl)cc1)c1ccccc1. The van der Waals surface area contributed by atoms with Crippen LogP contribution in [0.5, 0.6) is 0 Å². The van der Waals surface area contributed by atoms with Crippen molar-refractivity contribution in [3.63, 3.8) is 0 Å². The fourth-order valence-corrected chi connectivity index (χ4v) is 2.64. The maximum atomic E-state index is 5.90. The molecule has 0 aliphatic heterocycles. The molecule has 0 unspecified atom stereocenters. The predicted octanol–water partition coefficient (Wildman–Crippen LogP) is 5.59. The molecule has 0 aliphatic rings. The van der Waals surface area contributed by atoms with Crippen LogP contribution in [0.25, 0.3) is 11.0 Å². The van der Waals surface area contributed by atoms with Crippen LogP contribution in [0.3, 0.4) is 0 Å². The second kappa shape index (κ2) is 6.67. The van der Waals surface area contributed by atoms with Gasteiger partial charge >= 0.3 is 0 Å². The lowest BCUT2D eigenvalue weighted by Gasteiger charge is -2.06. The van der Waals surface area contributed by atoms with Gasteiger partial charge in [-0.05, 0) is 35.1 Å². The van der Waals surface area contributed by atoms with Crippen LogP contribution in [0.2, 0.25) is 5.02 Å². The van der Waals surface area contributed by atoms with E-state index in [0.717, 1.165) is 10.8 Å². The first kappa shape index (κ1) is 13.3. The summed E-state index contributed by atoms with van der Waals surface area (Å²) in [6.45, 7) is 2.17. The minimum atomic E-state index is 0.775. The van der Waals surface area contributed by atoms with Crippen molar-refractivity contribution in [1.82, 2.24) is 0 Å². The summed E-state index contributed by atoms with van der Waals surface area (Å²) >= 11 is 7.76. The van der Waals surface area contributed by atoms with Gasteiger partial charge in [0.25, 0.3) is 0 Å². The maximum absolute atomic E-state index is 5.90. The minimum absolute atomic E-state index is 0.775. The fraction of sp³-hybridized carbons (Fsp3) is 0.125. The van der Waals surface area contributed by atoms with E-state index >= 15 is 0 Å². The molecule has 0 N–H and O–H groups in total. The van der Waals surface area contributed by atoms with Crippen molar-refractivity contribution >= 4 is 34.3 Å². The number of hydrogen-bond donors (Lipinski definition) is 0. The van der Waals surface area contributed by atoms with Gasteiger partial charge in [-0.3, -0.25) is 0 Å². The Morgan fingerprint density at radius 3 is 2.33 bits per heavy atom. The molecule has 0 amide bonds. The quantitative estimate of drug-likeness (QED) is 0.655. The number of thioether (sulfide) groups is 1. The fourth-order valence-electron chi connectivity index (χ4n) is 1.68. The molecule has 0 nitrogen and oxygen atoms in total. The van der Waals surface area contributed by atoms with Gasteiger partial charge in [0, 0.05) is 9.93 Å². The summed E-state index contributed by atoms with van der Waals surface area (Å²) in [6.07, 6.45) is 2.21. The second-order valence-electron chi connectivity index (χ2n) is 3.86. The Morgan fingerprint density at radius 1 is 1.06 bits per heavy atom. The van der Waals surface area contributed by atoms with Crippen molar-refractivity contribution in [1.29, 1.82) is 0 Å². The Kier molecular flexibility index (Phi) is 4.91. The first-order valence-electron chi connectivity index (χ1n) is 5.95. The predicted molar refractivity (Wildman–Crippen MR) is 83.9 cm³/mol. The lowest BCUT2D eigenvalue weighted by atomic mass is 10.1. The monoisotopic (exact) mass is 274 g/mol. The van der Waals surface area contributed by atoms with Gasteiger partial charge in [-0.2, -0.15) is 0 Å². The van der Waals surface area contributed by atoms with Crippen molar-refractivity contribution in [3.8, 4) is 0 Å². The highest BCUT2D eigenvalue weighted by Crippen LogP contribution is 2.29. The van der Waals surface area contributed by atoms with Crippen molar-refractivity contribution < 1.29 is 0 Å². The average Bonchev–Trinajstić information content (AvgIpc) is 2.42. The minimum Gasteiger partial charge on any atom is -0.126 e. The van der Waals surface area contributed by atoms with Gasteiger partial charge in [-0.1, -0.05) is 61.0 Å². The molecule has 2 aromatic carbocycles. The molecule has 2 aromatic rings. The van der Waals surface area contributed by atoms with Crippen LogP contribution in [0, 0.1) is 0 Å². The lowest BCUT2D eigenvalue weighted by molar-refractivity contribution is 1.53. The van der Waals surface area contributed by atoms with Gasteiger partial charge in [0.2, 0.25) is 0 Å². The highest BCUT2D eigenvalue weighted by atomic mass is 35.5. The van der Waals surface area contributed by atoms with Crippen molar-refractivity contribution in [2.75, 3.05) is 5.75 Å². The molecule has 0 aromatic heterocycles. The first-order chi connectivity index (χ1) is 8.79. The summed E-state index contributed by atoms with van der Waals surface area (Å²) in [7, 11) is 0. The van der Waals surface area contributed by atoms with Gasteiger partial charge in [0.1, 0.15) is 0 Å². The summed E-state index contributed by atoms with van der Waals surface area (Å²) in [4.78, 5) is 1.29. The first-order valence-corrected chi connectivity index (χ1v) is 7.31. The van der Waals surface area contributed by atoms with E-state index in [2.05, 4.69) is 37.3 Å². The topological polar surface area (TPSA) is 0 Å². The van der Waals surface area contributed by atoms with Crippen molar-refractivity contribution in [3.05, 3.63) is 70.7 Å². The Bertz CT molecular complexity index is 515. The van der Waals surface area contributed by atoms with Gasteiger partial charge in [0.15, 0.2) is 0 Å². The van der Waals surface area contributed by atoms with Gasteiger partial charge in [-0.25, -0.2) is 0 Å². The largest absolute Gasteiger partial charge is 0.126 e. The Balaban J connectivity index is 2.33. The van der Waals surface area contributed by atoms with Crippen molar-refractivity contribution in [2.45, 2.75) is 6.92 Å². The molecule has 0 saturated carbocycles. The molecule has 92 valence electrons. The zero-order valence-corrected chi connectivity index (χ0v) is 11.8. The molecule has 0 atom stereocenters. The molecule has 0 aliphatic carbocycles. The smallest absolute Gasteiger partial charge is 0.0406 e. The van der Waals surface area contributed by atoms with Crippen LogP contribution in [-0.2, 0) is 0 Å². The standard InChI is InChI=1S/C16H15ClS/c1-2-18-16(14-6-4-3-5-7-14)12-13-8-10-15(17)11-9-13/h3-12H,2H2,1H3/b16-12-. The van der Waals surface area contributed by atoms with Crippen molar-refractivity contribution in [2.24, 2.45) is 0 Å². The summed E-state index contributed by atoms with van der Waals surface area (Å²) in [5, 5.41) is 0.775. The number of benzene rings is 2. The third-order valence-corrected chi connectivity index (χ3v) is 3.73. The molecule has 2 heteroatoms. The van der Waals surface area contributed by atoms with Crippen LogP contribution in [-0.4, -0.2) is 5.75 Å². The number of halogens is 1. The third-order valence-electron chi connectivity index (χ3n) is 2.53. The molecule has 0 saturated heterocycles. The molecule has 0 bridgehead atoms. The molecule has 18 heavy (non-hydrogen) atoms.